The van der Waals surface area contributed by atoms with Gasteiger partial charge in [0.25, 0.3) is 15.0 Å². The number of benzene rings is 1. The van der Waals surface area contributed by atoms with Crippen molar-refractivity contribution in [2.75, 3.05) is 13.6 Å². The van der Waals surface area contributed by atoms with E-state index in [4.69, 9.17) is 22.3 Å². The van der Waals surface area contributed by atoms with E-state index in [2.05, 4.69) is 0 Å². The van der Waals surface area contributed by atoms with Gasteiger partial charge in [0.15, 0.2) is 0 Å². The summed E-state index contributed by atoms with van der Waals surface area (Å²) in [4.78, 5) is 13.9. The number of nitrogens with zero attached hydrogens (tertiary/aromatic N) is 1. The zero-order chi connectivity index (χ0) is 16.6. The molecule has 4 nitrogen and oxygen atoms in total. The smallest absolute Gasteiger partial charge is 0.261 e. The molecule has 118 valence electrons. The van der Waals surface area contributed by atoms with Crippen LogP contribution in [0.5, 0.6) is 0 Å². The van der Waals surface area contributed by atoms with Crippen molar-refractivity contribution >= 4 is 37.2 Å². The lowest BCUT2D eigenvalue weighted by molar-refractivity contribution is 0.0744. The number of amides is 1. The Kier molecular flexibility index (Phi) is 5.35. The number of halogens is 2. The number of hydrogen-bond acceptors (Lipinski definition) is 3. The predicted octanol–water partition coefficient (Wildman–Crippen LogP) is 3.69. The van der Waals surface area contributed by atoms with Crippen molar-refractivity contribution in [3.05, 3.63) is 28.3 Å². The minimum atomic E-state index is -3.94. The maximum absolute atomic E-state index is 12.5. The Balaban J connectivity index is 3.30. The molecule has 0 N–H and O–H groups in total. The van der Waals surface area contributed by atoms with E-state index in [9.17, 15) is 13.2 Å². The van der Waals surface area contributed by atoms with E-state index in [0.717, 1.165) is 0 Å². The van der Waals surface area contributed by atoms with Crippen LogP contribution in [0.15, 0.2) is 17.0 Å². The lowest BCUT2D eigenvalue weighted by Gasteiger charge is -2.27. The summed E-state index contributed by atoms with van der Waals surface area (Å²) in [6.07, 6.45) is 0. The first-order valence-electron chi connectivity index (χ1n) is 6.33. The van der Waals surface area contributed by atoms with Crippen LogP contribution >= 0.6 is 22.3 Å². The van der Waals surface area contributed by atoms with Crippen LogP contribution < -0.4 is 0 Å². The minimum Gasteiger partial charge on any atom is -0.341 e. The van der Waals surface area contributed by atoms with Crippen LogP contribution in [0, 0.1) is 12.3 Å². The summed E-state index contributed by atoms with van der Waals surface area (Å²) in [5.74, 6) is -0.286. The highest BCUT2D eigenvalue weighted by Gasteiger charge is 2.23. The van der Waals surface area contributed by atoms with E-state index in [-0.39, 0.29) is 26.8 Å². The van der Waals surface area contributed by atoms with Gasteiger partial charge in [-0.25, -0.2) is 8.42 Å². The van der Waals surface area contributed by atoms with Crippen molar-refractivity contribution in [2.45, 2.75) is 32.6 Å². The van der Waals surface area contributed by atoms with Crippen molar-refractivity contribution in [3.8, 4) is 0 Å². The highest BCUT2D eigenvalue weighted by molar-refractivity contribution is 8.13. The summed E-state index contributed by atoms with van der Waals surface area (Å²) in [6, 6.07) is 2.52. The van der Waals surface area contributed by atoms with Gasteiger partial charge in [0.05, 0.1) is 4.90 Å². The molecule has 0 radical (unpaired) electrons. The van der Waals surface area contributed by atoms with Gasteiger partial charge in [-0.05, 0) is 30.0 Å². The van der Waals surface area contributed by atoms with Crippen LogP contribution in [0.2, 0.25) is 5.02 Å². The molecule has 7 heteroatoms. The molecule has 0 atom stereocenters. The zero-order valence-electron chi connectivity index (χ0n) is 12.7. The molecule has 0 fully saturated rings. The van der Waals surface area contributed by atoms with Crippen LogP contribution in [0.3, 0.4) is 0 Å². The second-order valence-electron chi connectivity index (χ2n) is 6.24. The van der Waals surface area contributed by atoms with E-state index in [1.807, 2.05) is 20.8 Å². The topological polar surface area (TPSA) is 54.5 Å². The number of rotatable bonds is 3. The first-order valence-corrected chi connectivity index (χ1v) is 9.02. The predicted molar refractivity (Wildman–Crippen MR) is 85.6 cm³/mol. The standard InChI is InChI=1S/C14H19Cl2NO3S/c1-9-11(13(18)17(5)8-14(2,3)4)6-10(7-12(9)15)21(16,19)20/h6-7H,8H2,1-5H3. The van der Waals surface area contributed by atoms with Crippen LogP contribution in [0.4, 0.5) is 0 Å². The maximum Gasteiger partial charge on any atom is 0.261 e. The molecule has 0 aliphatic carbocycles. The maximum atomic E-state index is 12.5. The number of hydrogen-bond donors (Lipinski definition) is 0. The lowest BCUT2D eigenvalue weighted by Crippen LogP contribution is -2.35. The molecule has 1 rings (SSSR count). The van der Waals surface area contributed by atoms with E-state index in [0.29, 0.717) is 12.1 Å². The zero-order valence-corrected chi connectivity index (χ0v) is 15.0. The molecule has 0 bridgehead atoms. The van der Waals surface area contributed by atoms with E-state index < -0.39 is 9.05 Å². The number of carbonyl (C=O) groups excluding carboxylic acids is 1. The Morgan fingerprint density at radius 2 is 1.81 bits per heavy atom. The highest BCUT2D eigenvalue weighted by Crippen LogP contribution is 2.27. The molecule has 0 spiro atoms. The van der Waals surface area contributed by atoms with Gasteiger partial charge in [-0.1, -0.05) is 32.4 Å². The average molecular weight is 352 g/mol. The molecule has 21 heavy (non-hydrogen) atoms. The largest absolute Gasteiger partial charge is 0.341 e. The molecule has 0 aliphatic rings. The SMILES string of the molecule is Cc1c(Cl)cc(S(=O)(=O)Cl)cc1C(=O)N(C)CC(C)(C)C. The summed E-state index contributed by atoms with van der Waals surface area (Å²) in [6.45, 7) is 8.23. The lowest BCUT2D eigenvalue weighted by atomic mass is 9.95. The van der Waals surface area contributed by atoms with Crippen LogP contribution in [-0.2, 0) is 9.05 Å². The third kappa shape index (κ3) is 4.87. The average Bonchev–Trinajstić information content (AvgIpc) is 2.27. The molecule has 0 aromatic heterocycles. The summed E-state index contributed by atoms with van der Waals surface area (Å²) in [5, 5.41) is 0.198. The molecule has 0 unspecified atom stereocenters. The van der Waals surface area contributed by atoms with Gasteiger partial charge in [0.1, 0.15) is 0 Å². The molecule has 1 aromatic carbocycles. The Hall–Kier alpha value is -0.780. The van der Waals surface area contributed by atoms with Crippen LogP contribution in [0.1, 0.15) is 36.7 Å². The van der Waals surface area contributed by atoms with Crippen LogP contribution in [-0.4, -0.2) is 32.8 Å². The third-order valence-corrected chi connectivity index (χ3v) is 4.61. The van der Waals surface area contributed by atoms with Gasteiger partial charge in [-0.3, -0.25) is 4.79 Å². The fourth-order valence-electron chi connectivity index (χ4n) is 2.01. The fourth-order valence-corrected chi connectivity index (χ4v) is 3.07. The monoisotopic (exact) mass is 351 g/mol. The molecule has 0 heterocycles. The van der Waals surface area contributed by atoms with Gasteiger partial charge < -0.3 is 4.90 Å². The van der Waals surface area contributed by atoms with E-state index in [1.165, 1.54) is 12.1 Å². The fraction of sp³-hybridized carbons (Fsp3) is 0.500. The van der Waals surface area contributed by atoms with Gasteiger partial charge in [0.2, 0.25) is 0 Å². The van der Waals surface area contributed by atoms with E-state index in [1.54, 1.807) is 18.9 Å². The quantitative estimate of drug-likeness (QED) is 0.780. The second-order valence-corrected chi connectivity index (χ2v) is 9.21. The summed E-state index contributed by atoms with van der Waals surface area (Å²) >= 11 is 6.01. The molecular weight excluding hydrogens is 333 g/mol. The highest BCUT2D eigenvalue weighted by atomic mass is 35.7. The van der Waals surface area contributed by atoms with Gasteiger partial charge in [0, 0.05) is 34.9 Å². The summed E-state index contributed by atoms with van der Waals surface area (Å²) in [7, 11) is 3.06. The minimum absolute atomic E-state index is 0.0711. The van der Waals surface area contributed by atoms with Crippen molar-refractivity contribution in [1.82, 2.24) is 4.90 Å². The molecule has 0 saturated carbocycles. The van der Waals surface area contributed by atoms with Crippen molar-refractivity contribution in [3.63, 3.8) is 0 Å². The van der Waals surface area contributed by atoms with Gasteiger partial charge in [-0.2, -0.15) is 0 Å². The van der Waals surface area contributed by atoms with Crippen molar-refractivity contribution in [2.24, 2.45) is 5.41 Å². The Morgan fingerprint density at radius 1 is 1.29 bits per heavy atom. The Morgan fingerprint density at radius 3 is 2.24 bits per heavy atom. The first kappa shape index (κ1) is 18.3. The molecule has 0 aliphatic heterocycles. The second kappa shape index (κ2) is 6.15. The summed E-state index contributed by atoms with van der Waals surface area (Å²) in [5.41, 5.74) is 0.707. The molecule has 1 amide bonds. The molecule has 0 saturated heterocycles. The normalized spacial score (nSPS) is 12.3. The van der Waals surface area contributed by atoms with E-state index >= 15 is 0 Å². The first-order chi connectivity index (χ1) is 9.33. The van der Waals surface area contributed by atoms with Gasteiger partial charge >= 0.3 is 0 Å². The summed E-state index contributed by atoms with van der Waals surface area (Å²) < 4.78 is 22.9. The number of carbonyl (C=O) groups is 1. The van der Waals surface area contributed by atoms with Crippen LogP contribution in [0.25, 0.3) is 0 Å². The third-order valence-electron chi connectivity index (χ3n) is 2.89. The molecule has 1 aromatic rings. The van der Waals surface area contributed by atoms with Crippen molar-refractivity contribution < 1.29 is 13.2 Å². The Bertz CT molecular complexity index is 664. The molecular formula is C14H19Cl2NO3S. The van der Waals surface area contributed by atoms with Crippen molar-refractivity contribution in [1.29, 1.82) is 0 Å². The van der Waals surface area contributed by atoms with Gasteiger partial charge in [-0.15, -0.1) is 0 Å². The Labute approximate surface area is 135 Å².